The smallest absolute Gasteiger partial charge is 0.291 e. The molecule has 1 fully saturated rings. The fraction of sp³-hybridized carbons (Fsp3) is 0.714. The molecule has 1 heterocycles. The van der Waals surface area contributed by atoms with Gasteiger partial charge in [0, 0.05) is 26.2 Å². The van der Waals surface area contributed by atoms with Gasteiger partial charge in [0.1, 0.15) is 5.69 Å². The van der Waals surface area contributed by atoms with E-state index in [1.807, 2.05) is 0 Å². The maximum absolute atomic E-state index is 12.4. The maximum Gasteiger partial charge on any atom is 0.291 e. The number of aliphatic hydroxyl groups is 1. The quantitative estimate of drug-likeness (QED) is 0.608. The minimum atomic E-state index is -0.364. The van der Waals surface area contributed by atoms with Gasteiger partial charge in [-0.2, -0.15) is 5.10 Å². The summed E-state index contributed by atoms with van der Waals surface area (Å²) in [4.78, 5) is 12.4. The van der Waals surface area contributed by atoms with Crippen LogP contribution >= 0.6 is 15.9 Å². The zero-order valence-electron chi connectivity index (χ0n) is 12.3. The molecule has 1 aromatic heterocycles. The molecule has 0 aromatic carbocycles. The number of anilines is 1. The summed E-state index contributed by atoms with van der Waals surface area (Å²) in [6.07, 6.45) is 4.95. The largest absolute Gasteiger partial charge is 0.392 e. The van der Waals surface area contributed by atoms with Crippen LogP contribution in [-0.2, 0) is 6.54 Å². The van der Waals surface area contributed by atoms with Crippen LogP contribution in [0.15, 0.2) is 15.5 Å². The Kier molecular flexibility index (Phi) is 6.20. The molecular weight excluding hydrogens is 336 g/mol. The Hall–Kier alpha value is -0.920. The SMILES string of the molecule is CC(O)CNCCNc1c(Br)cnn(CC2CCC2)c1=O. The Morgan fingerprint density at radius 2 is 2.29 bits per heavy atom. The normalized spacial score (nSPS) is 16.5. The number of hydrogen-bond donors (Lipinski definition) is 3. The van der Waals surface area contributed by atoms with Crippen LogP contribution in [0.4, 0.5) is 5.69 Å². The lowest BCUT2D eigenvalue weighted by molar-refractivity contribution is 0.192. The molecule has 1 saturated carbocycles. The number of aliphatic hydroxyl groups excluding tert-OH is 1. The molecule has 0 spiro atoms. The van der Waals surface area contributed by atoms with Crippen molar-refractivity contribution in [2.75, 3.05) is 25.0 Å². The van der Waals surface area contributed by atoms with Gasteiger partial charge in [0.15, 0.2) is 0 Å². The highest BCUT2D eigenvalue weighted by Crippen LogP contribution is 2.27. The van der Waals surface area contributed by atoms with Crippen LogP contribution in [0.1, 0.15) is 26.2 Å². The lowest BCUT2D eigenvalue weighted by Gasteiger charge is -2.25. The van der Waals surface area contributed by atoms with E-state index in [1.165, 1.54) is 19.3 Å². The molecule has 6 nitrogen and oxygen atoms in total. The zero-order chi connectivity index (χ0) is 15.2. The summed E-state index contributed by atoms with van der Waals surface area (Å²) < 4.78 is 2.24. The van der Waals surface area contributed by atoms with Crippen LogP contribution in [0.5, 0.6) is 0 Å². The number of rotatable bonds is 8. The van der Waals surface area contributed by atoms with E-state index in [-0.39, 0.29) is 11.7 Å². The first-order chi connectivity index (χ1) is 10.1. The van der Waals surface area contributed by atoms with Crippen molar-refractivity contribution in [1.29, 1.82) is 0 Å². The highest BCUT2D eigenvalue weighted by atomic mass is 79.9. The van der Waals surface area contributed by atoms with Crippen molar-refractivity contribution in [3.05, 3.63) is 21.0 Å². The standard InChI is InChI=1S/C14H23BrN4O2/c1-10(20)7-16-5-6-17-13-12(15)8-18-19(14(13)21)9-11-3-2-4-11/h8,10-11,16-17,20H,2-7,9H2,1H3. The van der Waals surface area contributed by atoms with Crippen LogP contribution in [0.25, 0.3) is 0 Å². The molecule has 2 rings (SSSR count). The molecule has 3 N–H and O–H groups in total. The lowest BCUT2D eigenvalue weighted by Crippen LogP contribution is -2.33. The summed E-state index contributed by atoms with van der Waals surface area (Å²) in [6, 6.07) is 0. The highest BCUT2D eigenvalue weighted by molar-refractivity contribution is 9.10. The molecule has 0 amide bonds. The van der Waals surface area contributed by atoms with Gasteiger partial charge in [-0.25, -0.2) is 4.68 Å². The second kappa shape index (κ2) is 7.91. The Morgan fingerprint density at radius 3 is 2.90 bits per heavy atom. The first-order valence-electron chi connectivity index (χ1n) is 7.46. The molecule has 7 heteroatoms. The molecule has 1 aromatic rings. The summed E-state index contributed by atoms with van der Waals surface area (Å²) in [7, 11) is 0. The van der Waals surface area contributed by atoms with Crippen molar-refractivity contribution in [1.82, 2.24) is 15.1 Å². The minimum absolute atomic E-state index is 0.0770. The second-order valence-electron chi connectivity index (χ2n) is 5.63. The van der Waals surface area contributed by atoms with Crippen molar-refractivity contribution < 1.29 is 5.11 Å². The predicted molar refractivity (Wildman–Crippen MR) is 86.6 cm³/mol. The Labute approximate surface area is 133 Å². The third-order valence-electron chi connectivity index (χ3n) is 3.70. The molecule has 1 atom stereocenters. The third kappa shape index (κ3) is 4.79. The number of nitrogens with one attached hydrogen (secondary N) is 2. The lowest BCUT2D eigenvalue weighted by atomic mass is 9.85. The van der Waals surface area contributed by atoms with E-state index in [0.29, 0.717) is 42.3 Å². The van der Waals surface area contributed by atoms with Crippen LogP contribution in [0.3, 0.4) is 0 Å². The molecule has 0 saturated heterocycles. The van der Waals surface area contributed by atoms with E-state index >= 15 is 0 Å². The molecule has 0 aliphatic heterocycles. The van der Waals surface area contributed by atoms with Crippen LogP contribution in [0, 0.1) is 5.92 Å². The molecule has 118 valence electrons. The monoisotopic (exact) mass is 358 g/mol. The molecule has 1 unspecified atom stereocenters. The van der Waals surface area contributed by atoms with Crippen molar-refractivity contribution in [2.45, 2.75) is 38.8 Å². The minimum Gasteiger partial charge on any atom is -0.392 e. The van der Waals surface area contributed by atoms with Gasteiger partial charge in [0.05, 0.1) is 16.8 Å². The maximum atomic E-state index is 12.4. The Balaban J connectivity index is 1.91. The van der Waals surface area contributed by atoms with Gasteiger partial charge in [-0.05, 0) is 41.6 Å². The predicted octanol–water partition coefficient (Wildman–Crippen LogP) is 1.19. The van der Waals surface area contributed by atoms with E-state index in [9.17, 15) is 4.79 Å². The molecular formula is C14H23BrN4O2. The molecule has 21 heavy (non-hydrogen) atoms. The average molecular weight is 359 g/mol. The van der Waals surface area contributed by atoms with Crippen LogP contribution in [-0.4, -0.2) is 40.6 Å². The zero-order valence-corrected chi connectivity index (χ0v) is 13.9. The summed E-state index contributed by atoms with van der Waals surface area (Å²) in [6.45, 7) is 4.29. The van der Waals surface area contributed by atoms with Gasteiger partial charge in [0.25, 0.3) is 5.56 Å². The first-order valence-corrected chi connectivity index (χ1v) is 8.25. The number of nitrogens with zero attached hydrogens (tertiary/aromatic N) is 2. The van der Waals surface area contributed by atoms with Gasteiger partial charge in [-0.1, -0.05) is 6.42 Å². The van der Waals surface area contributed by atoms with E-state index in [1.54, 1.807) is 17.8 Å². The number of hydrogen-bond acceptors (Lipinski definition) is 5. The average Bonchev–Trinajstić information content (AvgIpc) is 2.38. The van der Waals surface area contributed by atoms with E-state index in [4.69, 9.17) is 5.11 Å². The van der Waals surface area contributed by atoms with Crippen LogP contribution < -0.4 is 16.2 Å². The highest BCUT2D eigenvalue weighted by Gasteiger charge is 2.20. The summed E-state index contributed by atoms with van der Waals surface area (Å²) >= 11 is 3.37. The number of aromatic nitrogens is 2. The van der Waals surface area contributed by atoms with Crippen molar-refractivity contribution in [2.24, 2.45) is 5.92 Å². The van der Waals surface area contributed by atoms with Gasteiger partial charge >= 0.3 is 0 Å². The van der Waals surface area contributed by atoms with Gasteiger partial charge < -0.3 is 15.7 Å². The van der Waals surface area contributed by atoms with Gasteiger partial charge in [-0.15, -0.1) is 0 Å². The topological polar surface area (TPSA) is 79.2 Å². The van der Waals surface area contributed by atoms with E-state index < -0.39 is 0 Å². The Morgan fingerprint density at radius 1 is 1.52 bits per heavy atom. The van der Waals surface area contributed by atoms with Crippen LogP contribution in [0.2, 0.25) is 0 Å². The Bertz CT molecular complexity index is 514. The molecule has 1 aliphatic rings. The number of halogens is 1. The summed E-state index contributed by atoms with van der Waals surface area (Å²) in [5.41, 5.74) is 0.481. The van der Waals surface area contributed by atoms with Crippen molar-refractivity contribution in [3.63, 3.8) is 0 Å². The van der Waals surface area contributed by atoms with Gasteiger partial charge in [-0.3, -0.25) is 4.79 Å². The molecule has 0 radical (unpaired) electrons. The third-order valence-corrected chi connectivity index (χ3v) is 4.30. The summed E-state index contributed by atoms with van der Waals surface area (Å²) in [5.74, 6) is 0.594. The molecule has 1 aliphatic carbocycles. The second-order valence-corrected chi connectivity index (χ2v) is 6.49. The fourth-order valence-electron chi connectivity index (χ4n) is 2.27. The fourth-order valence-corrected chi connectivity index (χ4v) is 2.67. The van der Waals surface area contributed by atoms with E-state index in [0.717, 1.165) is 0 Å². The van der Waals surface area contributed by atoms with Crippen molar-refractivity contribution in [3.8, 4) is 0 Å². The van der Waals surface area contributed by atoms with Gasteiger partial charge in [0.2, 0.25) is 0 Å². The van der Waals surface area contributed by atoms with E-state index in [2.05, 4.69) is 31.7 Å². The summed E-state index contributed by atoms with van der Waals surface area (Å²) in [5, 5.41) is 19.6. The van der Waals surface area contributed by atoms with Crippen molar-refractivity contribution >= 4 is 21.6 Å². The molecule has 0 bridgehead atoms. The first kappa shape index (κ1) is 16.5.